The van der Waals surface area contributed by atoms with Crippen LogP contribution in [0.25, 0.3) is 0 Å². The topological polar surface area (TPSA) is 79.4 Å². The van der Waals surface area contributed by atoms with E-state index in [-0.39, 0.29) is 11.4 Å². The number of carbonyl (C=O) groups excluding carboxylic acids is 1. The van der Waals surface area contributed by atoms with E-state index in [1.54, 1.807) is 24.3 Å². The highest BCUT2D eigenvalue weighted by atomic mass is 35.5. The monoisotopic (exact) mass is 339 g/mol. The molecule has 0 spiro atoms. The number of amides is 1. The van der Waals surface area contributed by atoms with Crippen molar-refractivity contribution >= 4 is 33.2 Å². The minimum atomic E-state index is -3.76. The Hall–Kier alpha value is -1.96. The fraction of sp³-hybridized carbons (Fsp3) is 0.143. The molecular formula is C14H14ClN3O3S. The zero-order valence-corrected chi connectivity index (χ0v) is 13.3. The summed E-state index contributed by atoms with van der Waals surface area (Å²) in [4.78, 5) is 15.8. The lowest BCUT2D eigenvalue weighted by molar-refractivity contribution is -0.116. The van der Waals surface area contributed by atoms with Gasteiger partial charge in [0.05, 0.1) is 17.3 Å². The van der Waals surface area contributed by atoms with E-state index in [0.29, 0.717) is 10.7 Å². The van der Waals surface area contributed by atoms with E-state index in [4.69, 9.17) is 11.6 Å². The highest BCUT2D eigenvalue weighted by Gasteiger charge is 2.23. The Labute approximate surface area is 133 Å². The van der Waals surface area contributed by atoms with Crippen LogP contribution < -0.4 is 5.32 Å². The Kier molecular flexibility index (Phi) is 5.12. The van der Waals surface area contributed by atoms with Crippen molar-refractivity contribution in [2.75, 3.05) is 18.9 Å². The summed E-state index contributed by atoms with van der Waals surface area (Å²) in [5.41, 5.74) is 0.432. The number of benzene rings is 1. The molecule has 0 fully saturated rings. The van der Waals surface area contributed by atoms with Gasteiger partial charge in [-0.15, -0.1) is 0 Å². The van der Waals surface area contributed by atoms with Crippen molar-refractivity contribution in [2.24, 2.45) is 0 Å². The molecule has 0 bridgehead atoms. The summed E-state index contributed by atoms with van der Waals surface area (Å²) < 4.78 is 25.5. The van der Waals surface area contributed by atoms with Crippen molar-refractivity contribution in [1.82, 2.24) is 9.29 Å². The van der Waals surface area contributed by atoms with Gasteiger partial charge in [0.1, 0.15) is 4.90 Å². The zero-order chi connectivity index (χ0) is 16.2. The van der Waals surface area contributed by atoms with E-state index in [2.05, 4.69) is 10.3 Å². The van der Waals surface area contributed by atoms with Crippen LogP contribution in [0.15, 0.2) is 53.7 Å². The van der Waals surface area contributed by atoms with Crippen LogP contribution in [0, 0.1) is 0 Å². The highest BCUT2D eigenvalue weighted by molar-refractivity contribution is 7.89. The molecule has 0 aliphatic carbocycles. The van der Waals surface area contributed by atoms with Crippen molar-refractivity contribution in [1.29, 1.82) is 0 Å². The first-order chi connectivity index (χ1) is 10.4. The van der Waals surface area contributed by atoms with Crippen LogP contribution in [-0.4, -0.2) is 37.2 Å². The molecule has 6 nitrogen and oxygen atoms in total. The molecule has 0 aliphatic rings. The molecule has 2 aromatic rings. The van der Waals surface area contributed by atoms with E-state index in [1.807, 2.05) is 0 Å². The molecule has 1 heterocycles. The number of nitrogens with one attached hydrogen (secondary N) is 1. The second-order valence-corrected chi connectivity index (χ2v) is 6.93. The first-order valence-electron chi connectivity index (χ1n) is 6.32. The first-order valence-corrected chi connectivity index (χ1v) is 8.14. The fourth-order valence-corrected chi connectivity index (χ4v) is 2.99. The molecule has 1 aromatic carbocycles. The van der Waals surface area contributed by atoms with Crippen LogP contribution in [-0.2, 0) is 14.8 Å². The Morgan fingerprint density at radius 3 is 2.64 bits per heavy atom. The third-order valence-electron chi connectivity index (χ3n) is 2.86. The molecule has 0 radical (unpaired) electrons. The van der Waals surface area contributed by atoms with Crippen LogP contribution in [0.3, 0.4) is 0 Å². The Balaban J connectivity index is 2.07. The van der Waals surface area contributed by atoms with Gasteiger partial charge in [0.2, 0.25) is 15.9 Å². The number of carbonyl (C=O) groups is 1. The number of anilines is 1. The molecule has 1 amide bonds. The van der Waals surface area contributed by atoms with Crippen molar-refractivity contribution in [3.8, 4) is 0 Å². The largest absolute Gasteiger partial charge is 0.324 e. The highest BCUT2D eigenvalue weighted by Crippen LogP contribution is 2.20. The molecule has 8 heteroatoms. The molecule has 0 aliphatic heterocycles. The standard InChI is InChI=1S/C14H14ClN3O3S/c1-18(22(20,21)11-5-4-8-16-9-11)10-14(19)17-13-7-3-2-6-12(13)15/h2-9H,10H2,1H3,(H,17,19). The van der Waals surface area contributed by atoms with E-state index in [9.17, 15) is 13.2 Å². The lowest BCUT2D eigenvalue weighted by Crippen LogP contribution is -2.35. The predicted molar refractivity (Wildman–Crippen MR) is 84.1 cm³/mol. The summed E-state index contributed by atoms with van der Waals surface area (Å²) >= 11 is 5.94. The third kappa shape index (κ3) is 3.82. The molecule has 1 N–H and O–H groups in total. The van der Waals surface area contributed by atoms with Gasteiger partial charge in [0.15, 0.2) is 0 Å². The van der Waals surface area contributed by atoms with Gasteiger partial charge in [-0.1, -0.05) is 23.7 Å². The van der Waals surface area contributed by atoms with Crippen molar-refractivity contribution in [3.05, 3.63) is 53.8 Å². The number of hydrogen-bond acceptors (Lipinski definition) is 4. The van der Waals surface area contributed by atoms with Gasteiger partial charge in [-0.2, -0.15) is 4.31 Å². The lowest BCUT2D eigenvalue weighted by atomic mass is 10.3. The number of rotatable bonds is 5. The number of likely N-dealkylation sites (N-methyl/N-ethyl adjacent to an activating group) is 1. The van der Waals surface area contributed by atoms with Gasteiger partial charge in [0, 0.05) is 19.4 Å². The SMILES string of the molecule is CN(CC(=O)Nc1ccccc1Cl)S(=O)(=O)c1cccnc1. The Morgan fingerprint density at radius 1 is 1.27 bits per heavy atom. The summed E-state index contributed by atoms with van der Waals surface area (Å²) in [6, 6.07) is 9.66. The maximum atomic E-state index is 12.3. The Bertz CT molecular complexity index is 766. The Morgan fingerprint density at radius 2 is 2.00 bits per heavy atom. The summed E-state index contributed by atoms with van der Waals surface area (Å²) in [5.74, 6) is -0.483. The van der Waals surface area contributed by atoms with Gasteiger partial charge in [-0.25, -0.2) is 8.42 Å². The van der Waals surface area contributed by atoms with E-state index in [0.717, 1.165) is 4.31 Å². The second-order valence-electron chi connectivity index (χ2n) is 4.48. The van der Waals surface area contributed by atoms with Gasteiger partial charge >= 0.3 is 0 Å². The average Bonchev–Trinajstić information content (AvgIpc) is 2.50. The molecule has 0 unspecified atom stereocenters. The minimum absolute atomic E-state index is 0.0306. The average molecular weight is 340 g/mol. The number of hydrogen-bond donors (Lipinski definition) is 1. The minimum Gasteiger partial charge on any atom is -0.324 e. The zero-order valence-electron chi connectivity index (χ0n) is 11.7. The van der Waals surface area contributed by atoms with Crippen molar-refractivity contribution in [3.63, 3.8) is 0 Å². The molecule has 22 heavy (non-hydrogen) atoms. The van der Waals surface area contributed by atoms with Crippen molar-refractivity contribution < 1.29 is 13.2 Å². The first kappa shape index (κ1) is 16.4. The van der Waals surface area contributed by atoms with Gasteiger partial charge < -0.3 is 5.32 Å². The van der Waals surface area contributed by atoms with E-state index < -0.39 is 15.9 Å². The van der Waals surface area contributed by atoms with E-state index >= 15 is 0 Å². The number of aromatic nitrogens is 1. The smallest absolute Gasteiger partial charge is 0.244 e. The maximum Gasteiger partial charge on any atom is 0.244 e. The summed E-state index contributed by atoms with van der Waals surface area (Å²) in [7, 11) is -2.43. The van der Waals surface area contributed by atoms with Gasteiger partial charge in [-0.05, 0) is 24.3 Å². The molecule has 0 saturated heterocycles. The molecule has 2 rings (SSSR count). The number of para-hydroxylation sites is 1. The van der Waals surface area contributed by atoms with Gasteiger partial charge in [0.25, 0.3) is 0 Å². The molecular weight excluding hydrogens is 326 g/mol. The summed E-state index contributed by atoms with van der Waals surface area (Å²) in [6.07, 6.45) is 2.71. The van der Waals surface area contributed by atoms with Gasteiger partial charge in [-0.3, -0.25) is 9.78 Å². The summed E-state index contributed by atoms with van der Waals surface area (Å²) in [6.45, 7) is -0.331. The number of sulfonamides is 1. The molecule has 0 atom stereocenters. The summed E-state index contributed by atoms with van der Waals surface area (Å²) in [5, 5.41) is 2.96. The van der Waals surface area contributed by atoms with Crippen LogP contribution in [0.4, 0.5) is 5.69 Å². The van der Waals surface area contributed by atoms with Crippen LogP contribution >= 0.6 is 11.6 Å². The van der Waals surface area contributed by atoms with Crippen LogP contribution in [0.5, 0.6) is 0 Å². The fourth-order valence-electron chi connectivity index (χ4n) is 1.72. The lowest BCUT2D eigenvalue weighted by Gasteiger charge is -2.16. The van der Waals surface area contributed by atoms with Crippen LogP contribution in [0.1, 0.15) is 0 Å². The third-order valence-corrected chi connectivity index (χ3v) is 4.97. The van der Waals surface area contributed by atoms with Crippen molar-refractivity contribution in [2.45, 2.75) is 4.90 Å². The molecule has 1 aromatic heterocycles. The molecule has 0 saturated carbocycles. The quantitative estimate of drug-likeness (QED) is 0.903. The normalized spacial score (nSPS) is 11.4. The number of halogens is 1. The number of pyridine rings is 1. The van der Waals surface area contributed by atoms with Crippen LogP contribution in [0.2, 0.25) is 5.02 Å². The number of nitrogens with zero attached hydrogens (tertiary/aromatic N) is 2. The van der Waals surface area contributed by atoms with E-state index in [1.165, 1.54) is 31.6 Å². The predicted octanol–water partition coefficient (Wildman–Crippen LogP) is 1.99. The molecule has 116 valence electrons. The maximum absolute atomic E-state index is 12.3. The second kappa shape index (κ2) is 6.87.